The number of carbonyl (C=O) groups is 1. The van der Waals surface area contributed by atoms with Gasteiger partial charge in [0, 0.05) is 15.5 Å². The first-order valence-corrected chi connectivity index (χ1v) is 10.3. The minimum atomic E-state index is -3.78. The molecule has 3 aromatic carbocycles. The largest absolute Gasteiger partial charge is 0.324 e. The molecule has 5 nitrogen and oxygen atoms in total. The molecule has 3 aromatic rings. The Hall–Kier alpha value is -2.38. The highest BCUT2D eigenvalue weighted by molar-refractivity contribution is 9.10. The first-order valence-electron chi connectivity index (χ1n) is 8.02. The van der Waals surface area contributed by atoms with E-state index < -0.39 is 16.1 Å². The molecule has 26 heavy (non-hydrogen) atoms. The fraction of sp³-hybridized carbons (Fsp3) is 0.105. The third kappa shape index (κ3) is 2.59. The number of nitrogens with zero attached hydrogens (tertiary/aromatic N) is 1. The molecule has 0 aromatic heterocycles. The highest BCUT2D eigenvalue weighted by Gasteiger charge is 2.40. The molecule has 0 aliphatic carbocycles. The zero-order chi connectivity index (χ0) is 18.5. The molecule has 1 atom stereocenters. The van der Waals surface area contributed by atoms with Crippen molar-refractivity contribution in [2.45, 2.75) is 17.9 Å². The second kappa shape index (κ2) is 6.10. The van der Waals surface area contributed by atoms with E-state index >= 15 is 0 Å². The number of amides is 1. The summed E-state index contributed by atoms with van der Waals surface area (Å²) in [4.78, 5) is 13.0. The molecular formula is C19H15BrN2O3S. The Balaban J connectivity index is 1.72. The molecule has 1 heterocycles. The predicted octanol–water partition coefficient (Wildman–Crippen LogP) is 4.14. The van der Waals surface area contributed by atoms with E-state index in [0.717, 1.165) is 9.86 Å². The fourth-order valence-corrected chi connectivity index (χ4v) is 5.35. The summed E-state index contributed by atoms with van der Waals surface area (Å²) in [5.41, 5.74) is 1.15. The van der Waals surface area contributed by atoms with Crippen LogP contribution in [0.5, 0.6) is 0 Å². The molecule has 0 bridgehead atoms. The number of carbonyl (C=O) groups excluding carboxylic acids is 1. The topological polar surface area (TPSA) is 66.5 Å². The van der Waals surface area contributed by atoms with E-state index in [2.05, 4.69) is 21.2 Å². The van der Waals surface area contributed by atoms with Crippen molar-refractivity contribution in [3.05, 3.63) is 65.1 Å². The number of hydrogen-bond acceptors (Lipinski definition) is 3. The maximum atomic E-state index is 13.0. The zero-order valence-electron chi connectivity index (χ0n) is 13.8. The van der Waals surface area contributed by atoms with Gasteiger partial charge in [0.1, 0.15) is 6.04 Å². The molecular weight excluding hydrogens is 416 g/mol. The Morgan fingerprint density at radius 2 is 1.69 bits per heavy atom. The second-order valence-corrected chi connectivity index (χ2v) is 8.80. The molecule has 1 amide bonds. The minimum Gasteiger partial charge on any atom is -0.324 e. The van der Waals surface area contributed by atoms with E-state index in [4.69, 9.17) is 0 Å². The summed E-state index contributed by atoms with van der Waals surface area (Å²) in [5, 5.41) is 4.28. The number of halogens is 1. The summed E-state index contributed by atoms with van der Waals surface area (Å²) in [7, 11) is -3.78. The monoisotopic (exact) mass is 430 g/mol. The smallest absolute Gasteiger partial charge is 0.265 e. The Kier molecular flexibility index (Phi) is 4.00. The SMILES string of the molecule is CC(C(=O)Nc1ccc(Br)cc1)N1c2cccc3cccc(c23)S1(=O)=O. The minimum absolute atomic E-state index is 0.244. The summed E-state index contributed by atoms with van der Waals surface area (Å²) < 4.78 is 28.2. The van der Waals surface area contributed by atoms with Crippen LogP contribution in [0.1, 0.15) is 6.92 Å². The number of sulfonamides is 1. The number of anilines is 2. The van der Waals surface area contributed by atoms with E-state index in [1.54, 1.807) is 43.3 Å². The van der Waals surface area contributed by atoms with Crippen LogP contribution < -0.4 is 9.62 Å². The lowest BCUT2D eigenvalue weighted by Gasteiger charge is -2.25. The second-order valence-electron chi connectivity index (χ2n) is 6.10. The number of rotatable bonds is 3. The van der Waals surface area contributed by atoms with Crippen LogP contribution >= 0.6 is 15.9 Å². The molecule has 1 aliphatic rings. The van der Waals surface area contributed by atoms with Gasteiger partial charge in [0.2, 0.25) is 5.91 Å². The number of hydrogen-bond donors (Lipinski definition) is 1. The molecule has 0 fully saturated rings. The highest BCUT2D eigenvalue weighted by atomic mass is 79.9. The van der Waals surface area contributed by atoms with Gasteiger partial charge in [0.15, 0.2) is 0 Å². The summed E-state index contributed by atoms with van der Waals surface area (Å²) in [6, 6.07) is 16.8. The van der Waals surface area contributed by atoms with Crippen LogP contribution in [0.2, 0.25) is 0 Å². The first kappa shape index (κ1) is 17.1. The Morgan fingerprint density at radius 1 is 1.04 bits per heavy atom. The van der Waals surface area contributed by atoms with Crippen LogP contribution in [0.15, 0.2) is 70.0 Å². The van der Waals surface area contributed by atoms with Crippen LogP contribution in [0.4, 0.5) is 11.4 Å². The van der Waals surface area contributed by atoms with Gasteiger partial charge < -0.3 is 5.32 Å². The average molecular weight is 431 g/mol. The average Bonchev–Trinajstić information content (AvgIpc) is 2.85. The summed E-state index contributed by atoms with van der Waals surface area (Å²) in [5.74, 6) is -0.388. The molecule has 0 radical (unpaired) electrons. The van der Waals surface area contributed by atoms with Gasteiger partial charge >= 0.3 is 0 Å². The van der Waals surface area contributed by atoms with Gasteiger partial charge in [-0.2, -0.15) is 0 Å². The van der Waals surface area contributed by atoms with E-state index in [1.165, 1.54) is 4.31 Å². The van der Waals surface area contributed by atoms with Gasteiger partial charge in [-0.05, 0) is 48.7 Å². The van der Waals surface area contributed by atoms with Crippen molar-refractivity contribution in [2.75, 3.05) is 9.62 Å². The van der Waals surface area contributed by atoms with Gasteiger partial charge in [-0.1, -0.05) is 40.2 Å². The zero-order valence-corrected chi connectivity index (χ0v) is 16.2. The molecule has 7 heteroatoms. The molecule has 1 unspecified atom stereocenters. The number of benzene rings is 3. The third-order valence-corrected chi connectivity index (χ3v) is 6.92. The van der Waals surface area contributed by atoms with Crippen LogP contribution in [0.25, 0.3) is 10.8 Å². The van der Waals surface area contributed by atoms with Crippen molar-refractivity contribution >= 4 is 54.0 Å². The lowest BCUT2D eigenvalue weighted by Crippen LogP contribution is -2.43. The Morgan fingerprint density at radius 3 is 2.38 bits per heavy atom. The van der Waals surface area contributed by atoms with Crippen molar-refractivity contribution in [3.8, 4) is 0 Å². The normalized spacial score (nSPS) is 15.8. The summed E-state index contributed by atoms with van der Waals surface area (Å²) >= 11 is 3.34. The van der Waals surface area contributed by atoms with Crippen LogP contribution in [-0.4, -0.2) is 20.4 Å². The molecule has 1 N–H and O–H groups in total. The molecule has 4 rings (SSSR count). The maximum absolute atomic E-state index is 13.0. The Bertz CT molecular complexity index is 1120. The van der Waals surface area contributed by atoms with Crippen molar-refractivity contribution in [3.63, 3.8) is 0 Å². The molecule has 1 aliphatic heterocycles. The Labute approximate surface area is 159 Å². The quantitative estimate of drug-likeness (QED) is 0.678. The lowest BCUT2D eigenvalue weighted by atomic mass is 10.1. The van der Waals surface area contributed by atoms with Gasteiger partial charge in [-0.15, -0.1) is 0 Å². The molecule has 0 saturated carbocycles. The van der Waals surface area contributed by atoms with Crippen molar-refractivity contribution in [1.82, 2.24) is 0 Å². The maximum Gasteiger partial charge on any atom is 0.265 e. The molecule has 0 saturated heterocycles. The van der Waals surface area contributed by atoms with Crippen molar-refractivity contribution in [2.24, 2.45) is 0 Å². The van der Waals surface area contributed by atoms with Gasteiger partial charge in [0.05, 0.1) is 10.6 Å². The highest BCUT2D eigenvalue weighted by Crippen LogP contribution is 2.43. The van der Waals surface area contributed by atoms with Crippen molar-refractivity contribution in [1.29, 1.82) is 0 Å². The van der Waals surface area contributed by atoms with Crippen molar-refractivity contribution < 1.29 is 13.2 Å². The van der Waals surface area contributed by atoms with E-state index in [9.17, 15) is 13.2 Å². The van der Waals surface area contributed by atoms with Gasteiger partial charge in [-0.25, -0.2) is 8.42 Å². The van der Waals surface area contributed by atoms with Crippen LogP contribution in [-0.2, 0) is 14.8 Å². The van der Waals surface area contributed by atoms with Crippen LogP contribution in [0, 0.1) is 0 Å². The van der Waals surface area contributed by atoms with E-state index in [0.29, 0.717) is 16.8 Å². The standard InChI is InChI=1S/C19H15BrN2O3S/c1-12(19(23)21-15-10-8-14(20)9-11-15)22-16-6-2-4-13-5-3-7-17(18(13)16)26(22,24)25/h2-12H,1H3,(H,21,23). The summed E-state index contributed by atoms with van der Waals surface area (Å²) in [6.07, 6.45) is 0. The lowest BCUT2D eigenvalue weighted by molar-refractivity contribution is -0.116. The fourth-order valence-electron chi connectivity index (χ4n) is 3.22. The van der Waals surface area contributed by atoms with Gasteiger partial charge in [-0.3, -0.25) is 9.10 Å². The predicted molar refractivity (Wildman–Crippen MR) is 106 cm³/mol. The van der Waals surface area contributed by atoms with Crippen LogP contribution in [0.3, 0.4) is 0 Å². The molecule has 0 spiro atoms. The third-order valence-electron chi connectivity index (χ3n) is 4.46. The summed E-state index contributed by atoms with van der Waals surface area (Å²) in [6.45, 7) is 1.59. The molecule has 132 valence electrons. The van der Waals surface area contributed by atoms with E-state index in [1.807, 2.05) is 24.3 Å². The van der Waals surface area contributed by atoms with Gasteiger partial charge in [0.25, 0.3) is 10.0 Å². The first-order chi connectivity index (χ1) is 12.4. The van der Waals surface area contributed by atoms with E-state index in [-0.39, 0.29) is 10.8 Å². The number of nitrogens with one attached hydrogen (secondary N) is 1.